The highest BCUT2D eigenvalue weighted by molar-refractivity contribution is 5.17. The van der Waals surface area contributed by atoms with Crippen molar-refractivity contribution in [2.45, 2.75) is 72.9 Å². The summed E-state index contributed by atoms with van der Waals surface area (Å²) in [4.78, 5) is 8.79. The van der Waals surface area contributed by atoms with E-state index in [2.05, 4.69) is 43.0 Å². The van der Waals surface area contributed by atoms with Gasteiger partial charge in [-0.25, -0.2) is 9.97 Å². The van der Waals surface area contributed by atoms with Gasteiger partial charge in [-0.15, -0.1) is 0 Å². The molecule has 1 aromatic rings. The van der Waals surface area contributed by atoms with Crippen molar-refractivity contribution < 1.29 is 4.74 Å². The van der Waals surface area contributed by atoms with Gasteiger partial charge < -0.3 is 10.1 Å². The zero-order valence-electron chi connectivity index (χ0n) is 14.3. The zero-order chi connectivity index (χ0) is 15.7. The number of nitrogens with one attached hydrogen (secondary N) is 1. The summed E-state index contributed by atoms with van der Waals surface area (Å²) < 4.78 is 5.77. The van der Waals surface area contributed by atoms with Gasteiger partial charge in [-0.1, -0.05) is 47.0 Å². The third-order valence-electron chi connectivity index (χ3n) is 3.75. The van der Waals surface area contributed by atoms with E-state index in [-0.39, 0.29) is 0 Å². The molecule has 0 fully saturated rings. The summed E-state index contributed by atoms with van der Waals surface area (Å²) in [5.41, 5.74) is 2.13. The van der Waals surface area contributed by atoms with E-state index in [1.54, 1.807) is 0 Å². The monoisotopic (exact) mass is 293 g/mol. The standard InChI is InChI=1S/C17H31N3O/c1-6-8-9-15(7-2)12-21-17-19-11-16(14(5)20-17)10-18-13(3)4/h11,13,15,18H,6-10,12H2,1-5H3. The molecule has 1 heterocycles. The van der Waals surface area contributed by atoms with Crippen LogP contribution < -0.4 is 10.1 Å². The SMILES string of the molecule is CCCCC(CC)COc1ncc(CNC(C)C)c(C)n1. The van der Waals surface area contributed by atoms with E-state index in [4.69, 9.17) is 4.74 Å². The second kappa shape index (κ2) is 9.72. The predicted octanol–water partition coefficient (Wildman–Crippen LogP) is 3.88. The maximum absolute atomic E-state index is 5.77. The van der Waals surface area contributed by atoms with Crippen LogP contribution in [0.1, 0.15) is 64.6 Å². The Morgan fingerprint density at radius 3 is 2.62 bits per heavy atom. The highest BCUT2D eigenvalue weighted by atomic mass is 16.5. The summed E-state index contributed by atoms with van der Waals surface area (Å²) in [6.45, 7) is 12.3. The second-order valence-corrected chi connectivity index (χ2v) is 6.03. The predicted molar refractivity (Wildman–Crippen MR) is 87.5 cm³/mol. The van der Waals surface area contributed by atoms with Crippen molar-refractivity contribution >= 4 is 0 Å². The fourth-order valence-electron chi connectivity index (χ4n) is 2.12. The molecule has 0 radical (unpaired) electrons. The Bertz CT molecular complexity index is 407. The topological polar surface area (TPSA) is 47.0 Å². The van der Waals surface area contributed by atoms with E-state index in [1.807, 2.05) is 13.1 Å². The Morgan fingerprint density at radius 2 is 2.05 bits per heavy atom. The summed E-state index contributed by atoms with van der Waals surface area (Å²) in [7, 11) is 0. The minimum atomic E-state index is 0.462. The number of rotatable bonds is 10. The minimum Gasteiger partial charge on any atom is -0.463 e. The Balaban J connectivity index is 2.50. The third-order valence-corrected chi connectivity index (χ3v) is 3.75. The normalized spacial score (nSPS) is 12.7. The summed E-state index contributed by atoms with van der Waals surface area (Å²) in [5, 5.41) is 3.38. The molecule has 0 saturated heterocycles. The first-order chi connectivity index (χ1) is 10.1. The summed E-state index contributed by atoms with van der Waals surface area (Å²) in [5.74, 6) is 0.608. The summed E-state index contributed by atoms with van der Waals surface area (Å²) in [6.07, 6.45) is 6.75. The molecule has 1 unspecified atom stereocenters. The first kappa shape index (κ1) is 17.9. The number of aromatic nitrogens is 2. The summed E-state index contributed by atoms with van der Waals surface area (Å²) in [6, 6.07) is 0.972. The lowest BCUT2D eigenvalue weighted by Crippen LogP contribution is -2.22. The van der Waals surface area contributed by atoms with Crippen molar-refractivity contribution in [2.24, 2.45) is 5.92 Å². The molecular weight excluding hydrogens is 262 g/mol. The smallest absolute Gasteiger partial charge is 0.316 e. The molecule has 21 heavy (non-hydrogen) atoms. The molecule has 0 aliphatic carbocycles. The summed E-state index contributed by atoms with van der Waals surface area (Å²) >= 11 is 0. The van der Waals surface area contributed by atoms with Crippen LogP contribution in [0.5, 0.6) is 6.01 Å². The third kappa shape index (κ3) is 6.89. The Morgan fingerprint density at radius 1 is 1.29 bits per heavy atom. The average Bonchev–Trinajstić information content (AvgIpc) is 2.46. The van der Waals surface area contributed by atoms with Crippen molar-refractivity contribution in [1.29, 1.82) is 0 Å². The second-order valence-electron chi connectivity index (χ2n) is 6.03. The Labute approximate surface area is 129 Å². The van der Waals surface area contributed by atoms with Gasteiger partial charge in [0.1, 0.15) is 0 Å². The number of unbranched alkanes of at least 4 members (excludes halogenated alkanes) is 1. The lowest BCUT2D eigenvalue weighted by molar-refractivity contribution is 0.217. The van der Waals surface area contributed by atoms with Crippen molar-refractivity contribution in [3.63, 3.8) is 0 Å². The van der Waals surface area contributed by atoms with Crippen LogP contribution in [0.3, 0.4) is 0 Å². The number of hydrogen-bond acceptors (Lipinski definition) is 4. The van der Waals surface area contributed by atoms with Crippen molar-refractivity contribution in [1.82, 2.24) is 15.3 Å². The van der Waals surface area contributed by atoms with Crippen LogP contribution in [-0.4, -0.2) is 22.6 Å². The Kier molecular flexibility index (Phi) is 8.28. The van der Waals surface area contributed by atoms with Crippen molar-refractivity contribution in [2.75, 3.05) is 6.61 Å². The maximum Gasteiger partial charge on any atom is 0.316 e. The molecule has 1 N–H and O–H groups in total. The van der Waals surface area contributed by atoms with E-state index in [0.717, 1.165) is 30.8 Å². The molecule has 1 rings (SSSR count). The van der Waals surface area contributed by atoms with Gasteiger partial charge in [0, 0.05) is 30.0 Å². The van der Waals surface area contributed by atoms with Crippen LogP contribution in [0.15, 0.2) is 6.20 Å². The van der Waals surface area contributed by atoms with Gasteiger partial charge in [0.25, 0.3) is 0 Å². The molecular formula is C17H31N3O. The molecule has 0 amide bonds. The van der Waals surface area contributed by atoms with Gasteiger partial charge >= 0.3 is 6.01 Å². The van der Waals surface area contributed by atoms with Gasteiger partial charge in [0.15, 0.2) is 0 Å². The highest BCUT2D eigenvalue weighted by Gasteiger charge is 2.09. The number of hydrogen-bond donors (Lipinski definition) is 1. The van der Waals surface area contributed by atoms with E-state index < -0.39 is 0 Å². The first-order valence-corrected chi connectivity index (χ1v) is 8.25. The lowest BCUT2D eigenvalue weighted by Gasteiger charge is -2.15. The Hall–Kier alpha value is -1.16. The van der Waals surface area contributed by atoms with Crippen LogP contribution in [0.4, 0.5) is 0 Å². The van der Waals surface area contributed by atoms with Gasteiger partial charge in [-0.3, -0.25) is 0 Å². The van der Waals surface area contributed by atoms with Crippen molar-refractivity contribution in [3.05, 3.63) is 17.5 Å². The van der Waals surface area contributed by atoms with Gasteiger partial charge in [0.2, 0.25) is 0 Å². The fourth-order valence-corrected chi connectivity index (χ4v) is 2.12. The van der Waals surface area contributed by atoms with Gasteiger partial charge in [0.05, 0.1) is 6.61 Å². The number of aryl methyl sites for hydroxylation is 1. The molecule has 0 aliphatic heterocycles. The number of nitrogens with zero attached hydrogens (tertiary/aromatic N) is 2. The maximum atomic E-state index is 5.77. The quantitative estimate of drug-likeness (QED) is 0.711. The molecule has 0 aliphatic rings. The average molecular weight is 293 g/mol. The molecule has 120 valence electrons. The van der Waals surface area contributed by atoms with Crippen LogP contribution in [-0.2, 0) is 6.54 Å². The van der Waals surface area contributed by atoms with Gasteiger partial charge in [-0.05, 0) is 19.3 Å². The van der Waals surface area contributed by atoms with E-state index in [0.29, 0.717) is 18.0 Å². The largest absolute Gasteiger partial charge is 0.463 e. The van der Waals surface area contributed by atoms with Crippen LogP contribution in [0.25, 0.3) is 0 Å². The zero-order valence-corrected chi connectivity index (χ0v) is 14.3. The molecule has 1 aromatic heterocycles. The first-order valence-electron chi connectivity index (χ1n) is 8.25. The minimum absolute atomic E-state index is 0.462. The number of ether oxygens (including phenoxy) is 1. The van der Waals surface area contributed by atoms with Crippen LogP contribution in [0.2, 0.25) is 0 Å². The van der Waals surface area contributed by atoms with Gasteiger partial charge in [-0.2, -0.15) is 0 Å². The molecule has 4 heteroatoms. The van der Waals surface area contributed by atoms with Crippen LogP contribution in [0, 0.1) is 12.8 Å². The van der Waals surface area contributed by atoms with E-state index in [1.165, 1.54) is 19.3 Å². The van der Waals surface area contributed by atoms with Crippen molar-refractivity contribution in [3.8, 4) is 6.01 Å². The molecule has 4 nitrogen and oxygen atoms in total. The molecule has 1 atom stereocenters. The fraction of sp³-hybridized carbons (Fsp3) is 0.765. The van der Waals surface area contributed by atoms with Crippen LogP contribution >= 0.6 is 0 Å². The van der Waals surface area contributed by atoms with E-state index in [9.17, 15) is 0 Å². The lowest BCUT2D eigenvalue weighted by atomic mass is 10.0. The molecule has 0 bridgehead atoms. The molecule has 0 spiro atoms. The molecule has 0 saturated carbocycles. The molecule has 0 aromatic carbocycles. The highest BCUT2D eigenvalue weighted by Crippen LogP contribution is 2.15. The van der Waals surface area contributed by atoms with E-state index >= 15 is 0 Å².